The van der Waals surface area contributed by atoms with Crippen LogP contribution in [0.4, 0.5) is 5.69 Å². The summed E-state index contributed by atoms with van der Waals surface area (Å²) >= 11 is 0. The molecule has 3 aromatic carbocycles. The predicted molar refractivity (Wildman–Crippen MR) is 118 cm³/mol. The smallest absolute Gasteiger partial charge is 0.343 e. The molecule has 0 atom stereocenters. The number of nitriles is 1. The van der Waals surface area contributed by atoms with E-state index >= 15 is 0 Å². The lowest BCUT2D eigenvalue weighted by atomic mass is 10.2. The minimum Gasteiger partial charge on any atom is -0.457 e. The Labute approximate surface area is 184 Å². The fourth-order valence-electron chi connectivity index (χ4n) is 2.46. The number of esters is 2. The van der Waals surface area contributed by atoms with Crippen LogP contribution in [0.3, 0.4) is 0 Å². The van der Waals surface area contributed by atoms with Gasteiger partial charge in [-0.25, -0.2) is 9.59 Å². The molecule has 32 heavy (non-hydrogen) atoms. The van der Waals surface area contributed by atoms with Crippen molar-refractivity contribution < 1.29 is 23.8 Å². The van der Waals surface area contributed by atoms with E-state index in [9.17, 15) is 9.59 Å². The number of carbonyl (C=O) groups excluding carboxylic acids is 2. The molecule has 0 heterocycles. The monoisotopic (exact) mass is 426 g/mol. The molecule has 0 aromatic heterocycles. The van der Waals surface area contributed by atoms with Crippen LogP contribution in [-0.4, -0.2) is 24.9 Å². The first-order valence-electron chi connectivity index (χ1n) is 9.46. The largest absolute Gasteiger partial charge is 0.457 e. The third-order valence-electron chi connectivity index (χ3n) is 4.13. The Morgan fingerprint density at radius 2 is 1.59 bits per heavy atom. The molecule has 0 unspecified atom stereocenters. The molecule has 0 amide bonds. The lowest BCUT2D eigenvalue weighted by molar-refractivity contribution is -0.144. The van der Waals surface area contributed by atoms with E-state index in [2.05, 4.69) is 17.6 Å². The summed E-state index contributed by atoms with van der Waals surface area (Å²) in [4.78, 5) is 27.6. The van der Waals surface area contributed by atoms with E-state index in [0.717, 1.165) is 17.3 Å². The minimum absolute atomic E-state index is 0.254. The van der Waals surface area contributed by atoms with Gasteiger partial charge in [-0.05, 0) is 78.4 Å². The van der Waals surface area contributed by atoms with E-state index in [0.29, 0.717) is 22.6 Å². The number of hydrogen-bond donors (Lipinski definition) is 0. The SMILES string of the molecule is C=CC(=O)OCOc1ccc(C(=O)Oc2ccc(C=Nc3ccc(C#N)cc3)cc2)cc1. The molecule has 7 heteroatoms. The van der Waals surface area contributed by atoms with E-state index in [1.54, 1.807) is 79.0 Å². The Kier molecular flexibility index (Phi) is 7.49. The molecule has 7 nitrogen and oxygen atoms in total. The fraction of sp³-hybridized carbons (Fsp3) is 0.0400. The van der Waals surface area contributed by atoms with Gasteiger partial charge in [0.15, 0.2) is 0 Å². The van der Waals surface area contributed by atoms with Crippen molar-refractivity contribution in [3.05, 3.63) is 102 Å². The summed E-state index contributed by atoms with van der Waals surface area (Å²) in [7, 11) is 0. The van der Waals surface area contributed by atoms with E-state index in [4.69, 9.17) is 19.5 Å². The summed E-state index contributed by atoms with van der Waals surface area (Å²) in [6.07, 6.45) is 2.72. The molecule has 3 rings (SSSR count). The van der Waals surface area contributed by atoms with Gasteiger partial charge in [-0.15, -0.1) is 0 Å². The zero-order valence-electron chi connectivity index (χ0n) is 16.9. The Bertz CT molecular complexity index is 1160. The van der Waals surface area contributed by atoms with E-state index in [-0.39, 0.29) is 6.79 Å². The lowest BCUT2D eigenvalue weighted by Gasteiger charge is -2.07. The zero-order chi connectivity index (χ0) is 22.8. The summed E-state index contributed by atoms with van der Waals surface area (Å²) in [6, 6.07) is 22.1. The molecule has 0 aliphatic carbocycles. The maximum atomic E-state index is 12.3. The highest BCUT2D eigenvalue weighted by Crippen LogP contribution is 2.17. The van der Waals surface area contributed by atoms with Crippen LogP contribution < -0.4 is 9.47 Å². The van der Waals surface area contributed by atoms with Crippen molar-refractivity contribution in [2.75, 3.05) is 6.79 Å². The number of nitrogens with zero attached hydrogens (tertiary/aromatic N) is 2. The fourth-order valence-corrected chi connectivity index (χ4v) is 2.46. The van der Waals surface area contributed by atoms with Crippen LogP contribution in [0.25, 0.3) is 0 Å². The number of aliphatic imine (C=N–C) groups is 1. The van der Waals surface area contributed by atoms with Crippen molar-refractivity contribution in [1.82, 2.24) is 0 Å². The van der Waals surface area contributed by atoms with Gasteiger partial charge < -0.3 is 14.2 Å². The van der Waals surface area contributed by atoms with E-state index < -0.39 is 11.9 Å². The second-order valence-corrected chi connectivity index (χ2v) is 6.33. The summed E-state index contributed by atoms with van der Waals surface area (Å²) in [5.74, 6) is -0.281. The van der Waals surface area contributed by atoms with Crippen molar-refractivity contribution >= 4 is 23.8 Å². The highest BCUT2D eigenvalue weighted by atomic mass is 16.7. The highest BCUT2D eigenvalue weighted by molar-refractivity contribution is 5.91. The van der Waals surface area contributed by atoms with E-state index in [1.165, 1.54) is 0 Å². The normalized spacial score (nSPS) is 10.2. The Hall–Kier alpha value is -4.70. The quantitative estimate of drug-likeness (QED) is 0.172. The number of ether oxygens (including phenoxy) is 3. The zero-order valence-corrected chi connectivity index (χ0v) is 16.9. The summed E-state index contributed by atoms with van der Waals surface area (Å²) in [5.41, 5.74) is 2.47. The summed E-state index contributed by atoms with van der Waals surface area (Å²) in [5, 5.41) is 8.82. The molecule has 0 spiro atoms. The van der Waals surface area contributed by atoms with Crippen LogP contribution >= 0.6 is 0 Å². The highest BCUT2D eigenvalue weighted by Gasteiger charge is 2.09. The van der Waals surface area contributed by atoms with Gasteiger partial charge in [0.1, 0.15) is 11.5 Å². The Morgan fingerprint density at radius 3 is 2.22 bits per heavy atom. The van der Waals surface area contributed by atoms with Gasteiger partial charge in [0, 0.05) is 12.3 Å². The topological polar surface area (TPSA) is 98.0 Å². The summed E-state index contributed by atoms with van der Waals surface area (Å²) in [6.45, 7) is 3.03. The number of hydrogen-bond acceptors (Lipinski definition) is 7. The van der Waals surface area contributed by atoms with Crippen molar-refractivity contribution in [1.29, 1.82) is 5.26 Å². The Morgan fingerprint density at radius 1 is 0.938 bits per heavy atom. The van der Waals surface area contributed by atoms with Gasteiger partial charge in [-0.2, -0.15) is 5.26 Å². The van der Waals surface area contributed by atoms with Crippen LogP contribution in [0.2, 0.25) is 0 Å². The first-order chi connectivity index (χ1) is 15.6. The molecule has 0 N–H and O–H groups in total. The van der Waals surface area contributed by atoms with Crippen molar-refractivity contribution in [3.63, 3.8) is 0 Å². The standard InChI is InChI=1S/C25H18N2O5/c1-2-24(28)31-17-30-22-13-7-20(8-14-22)25(29)32-23-11-5-19(6-12-23)16-27-21-9-3-18(15-26)4-10-21/h2-14,16H,1,17H2. The van der Waals surface area contributed by atoms with Crippen LogP contribution in [0.1, 0.15) is 21.5 Å². The molecular formula is C25H18N2O5. The van der Waals surface area contributed by atoms with Crippen LogP contribution in [0, 0.1) is 11.3 Å². The molecule has 0 radical (unpaired) electrons. The van der Waals surface area contributed by atoms with E-state index in [1.807, 2.05) is 0 Å². The molecule has 0 aliphatic rings. The predicted octanol–water partition coefficient (Wildman–Crippen LogP) is 4.59. The molecule has 0 saturated carbocycles. The van der Waals surface area contributed by atoms with Crippen LogP contribution in [-0.2, 0) is 9.53 Å². The average molecular weight is 426 g/mol. The van der Waals surface area contributed by atoms with Crippen molar-refractivity contribution in [3.8, 4) is 17.6 Å². The summed E-state index contributed by atoms with van der Waals surface area (Å²) < 4.78 is 15.3. The molecular weight excluding hydrogens is 408 g/mol. The van der Waals surface area contributed by atoms with Gasteiger partial charge in [-0.1, -0.05) is 6.58 Å². The molecule has 158 valence electrons. The first kappa shape index (κ1) is 22.0. The number of benzene rings is 3. The second kappa shape index (κ2) is 10.9. The lowest BCUT2D eigenvalue weighted by Crippen LogP contribution is -2.09. The Balaban J connectivity index is 1.53. The maximum absolute atomic E-state index is 12.3. The molecule has 0 fully saturated rings. The minimum atomic E-state index is -0.586. The number of carbonyl (C=O) groups is 2. The van der Waals surface area contributed by atoms with Crippen molar-refractivity contribution in [2.45, 2.75) is 0 Å². The van der Waals surface area contributed by atoms with Gasteiger partial charge in [0.05, 0.1) is 22.9 Å². The average Bonchev–Trinajstić information content (AvgIpc) is 2.84. The first-order valence-corrected chi connectivity index (χ1v) is 9.46. The van der Waals surface area contributed by atoms with Crippen LogP contribution in [0.15, 0.2) is 90.4 Å². The van der Waals surface area contributed by atoms with Gasteiger partial charge in [-0.3, -0.25) is 4.99 Å². The van der Waals surface area contributed by atoms with Crippen LogP contribution in [0.5, 0.6) is 11.5 Å². The third kappa shape index (κ3) is 6.40. The van der Waals surface area contributed by atoms with Gasteiger partial charge in [0.2, 0.25) is 6.79 Å². The maximum Gasteiger partial charge on any atom is 0.343 e. The second-order valence-electron chi connectivity index (χ2n) is 6.33. The number of rotatable bonds is 8. The third-order valence-corrected chi connectivity index (χ3v) is 4.13. The molecule has 0 bridgehead atoms. The molecule has 0 aliphatic heterocycles. The van der Waals surface area contributed by atoms with Gasteiger partial charge in [0.25, 0.3) is 0 Å². The van der Waals surface area contributed by atoms with Gasteiger partial charge >= 0.3 is 11.9 Å². The molecule has 0 saturated heterocycles. The van der Waals surface area contributed by atoms with Crippen molar-refractivity contribution in [2.24, 2.45) is 4.99 Å². The molecule has 3 aromatic rings.